The summed E-state index contributed by atoms with van der Waals surface area (Å²) in [6.45, 7) is 5.15. The zero-order valence-corrected chi connectivity index (χ0v) is 20.7. The standard InChI is InChI=1S/C20H20BrIN2O4S/c1-20(2,3)24(29(27,28)16-10-4-13(21)5-11-16)17-12-18(25)23(19(17)26)15-8-6-14(22)7-9-15/h4-11,17H,12H2,1-3H3. The van der Waals surface area contributed by atoms with Gasteiger partial charge >= 0.3 is 0 Å². The Bertz CT molecular complexity index is 1050. The monoisotopic (exact) mass is 590 g/mol. The van der Waals surface area contributed by atoms with Crippen LogP contribution < -0.4 is 4.90 Å². The second kappa shape index (κ2) is 8.09. The Labute approximate surface area is 192 Å². The molecule has 6 nitrogen and oxygen atoms in total. The molecule has 1 unspecified atom stereocenters. The van der Waals surface area contributed by atoms with Gasteiger partial charge in [-0.2, -0.15) is 4.31 Å². The van der Waals surface area contributed by atoms with Crippen LogP contribution in [0.3, 0.4) is 0 Å². The number of nitrogens with zero attached hydrogens (tertiary/aromatic N) is 2. The molecule has 0 aromatic heterocycles. The van der Waals surface area contributed by atoms with E-state index < -0.39 is 33.4 Å². The van der Waals surface area contributed by atoms with Gasteiger partial charge in [0.1, 0.15) is 6.04 Å². The zero-order valence-electron chi connectivity index (χ0n) is 16.1. The fraction of sp³-hybridized carbons (Fsp3) is 0.300. The molecule has 1 aliphatic rings. The number of halogens is 2. The van der Waals surface area contributed by atoms with Crippen LogP contribution in [0, 0.1) is 3.57 Å². The van der Waals surface area contributed by atoms with Crippen molar-refractivity contribution in [1.82, 2.24) is 4.31 Å². The summed E-state index contributed by atoms with van der Waals surface area (Å²) in [7, 11) is -4.02. The molecule has 2 aromatic carbocycles. The molecule has 1 fully saturated rings. The molecule has 0 N–H and O–H groups in total. The second-order valence-electron chi connectivity index (χ2n) is 7.69. The highest BCUT2D eigenvalue weighted by Gasteiger charge is 2.50. The van der Waals surface area contributed by atoms with Crippen LogP contribution >= 0.6 is 38.5 Å². The average Bonchev–Trinajstić information content (AvgIpc) is 2.89. The molecule has 29 heavy (non-hydrogen) atoms. The van der Waals surface area contributed by atoms with E-state index in [0.29, 0.717) is 5.69 Å². The van der Waals surface area contributed by atoms with Crippen molar-refractivity contribution in [1.29, 1.82) is 0 Å². The Morgan fingerprint density at radius 3 is 2.10 bits per heavy atom. The molecule has 1 aliphatic heterocycles. The lowest BCUT2D eigenvalue weighted by atomic mass is 10.1. The van der Waals surface area contributed by atoms with Gasteiger partial charge in [0.05, 0.1) is 17.0 Å². The first kappa shape index (κ1) is 22.4. The van der Waals surface area contributed by atoms with Gasteiger partial charge in [-0.3, -0.25) is 9.59 Å². The number of amides is 2. The van der Waals surface area contributed by atoms with E-state index in [-0.39, 0.29) is 11.3 Å². The van der Waals surface area contributed by atoms with E-state index in [2.05, 4.69) is 38.5 Å². The van der Waals surface area contributed by atoms with E-state index in [1.54, 1.807) is 57.2 Å². The lowest BCUT2D eigenvalue weighted by Gasteiger charge is -2.37. The van der Waals surface area contributed by atoms with Crippen LogP contribution in [0.5, 0.6) is 0 Å². The van der Waals surface area contributed by atoms with Gasteiger partial charge < -0.3 is 0 Å². The Balaban J connectivity index is 2.04. The minimum absolute atomic E-state index is 0.0728. The summed E-state index contributed by atoms with van der Waals surface area (Å²) >= 11 is 5.43. The van der Waals surface area contributed by atoms with Crippen LogP contribution in [0.1, 0.15) is 27.2 Å². The molecule has 1 saturated heterocycles. The Morgan fingerprint density at radius 2 is 1.59 bits per heavy atom. The Hall–Kier alpha value is -1.30. The SMILES string of the molecule is CC(C)(C)N(C1CC(=O)N(c2ccc(I)cc2)C1=O)S(=O)(=O)c1ccc(Br)cc1. The first-order chi connectivity index (χ1) is 13.4. The summed E-state index contributed by atoms with van der Waals surface area (Å²) in [5, 5.41) is 0. The molecule has 0 radical (unpaired) electrons. The fourth-order valence-corrected chi connectivity index (χ4v) is 5.93. The third-order valence-corrected chi connectivity index (χ3v) is 7.96. The second-order valence-corrected chi connectivity index (χ2v) is 11.7. The van der Waals surface area contributed by atoms with Gasteiger partial charge in [-0.1, -0.05) is 15.9 Å². The summed E-state index contributed by atoms with van der Waals surface area (Å²) in [4.78, 5) is 27.1. The molecular formula is C20H20BrIN2O4S. The Morgan fingerprint density at radius 1 is 1.03 bits per heavy atom. The number of carbonyl (C=O) groups excluding carboxylic acids is 2. The van der Waals surface area contributed by atoms with Gasteiger partial charge in [0.25, 0.3) is 5.91 Å². The summed E-state index contributed by atoms with van der Waals surface area (Å²) in [5.41, 5.74) is -0.466. The van der Waals surface area contributed by atoms with Crippen LogP contribution in [-0.4, -0.2) is 36.1 Å². The molecule has 2 amide bonds. The van der Waals surface area contributed by atoms with Gasteiger partial charge in [0.15, 0.2) is 0 Å². The van der Waals surface area contributed by atoms with Crippen molar-refractivity contribution >= 4 is 66.0 Å². The molecular weight excluding hydrogens is 571 g/mol. The van der Waals surface area contributed by atoms with Crippen LogP contribution in [-0.2, 0) is 19.6 Å². The minimum Gasteiger partial charge on any atom is -0.274 e. The summed E-state index contributed by atoms with van der Waals surface area (Å²) < 4.78 is 29.8. The molecule has 154 valence electrons. The lowest BCUT2D eigenvalue weighted by molar-refractivity contribution is -0.122. The van der Waals surface area contributed by atoms with Gasteiger partial charge in [-0.25, -0.2) is 13.3 Å². The Kier molecular flexibility index (Phi) is 6.24. The molecule has 9 heteroatoms. The first-order valence-corrected chi connectivity index (χ1v) is 12.2. The third kappa shape index (κ3) is 4.42. The predicted octanol–water partition coefficient (Wildman–Crippen LogP) is 4.18. The minimum atomic E-state index is -4.02. The van der Waals surface area contributed by atoms with Crippen molar-refractivity contribution in [3.8, 4) is 0 Å². The van der Waals surface area contributed by atoms with E-state index in [4.69, 9.17) is 0 Å². The highest BCUT2D eigenvalue weighted by molar-refractivity contribution is 14.1. The lowest BCUT2D eigenvalue weighted by Crippen LogP contribution is -2.54. The van der Waals surface area contributed by atoms with E-state index in [0.717, 1.165) is 17.2 Å². The quantitative estimate of drug-likeness (QED) is 0.396. The fourth-order valence-electron chi connectivity index (χ4n) is 3.38. The predicted molar refractivity (Wildman–Crippen MR) is 123 cm³/mol. The van der Waals surface area contributed by atoms with Crippen LogP contribution in [0.2, 0.25) is 0 Å². The normalized spacial score (nSPS) is 18.0. The van der Waals surface area contributed by atoms with Crippen molar-refractivity contribution in [2.24, 2.45) is 0 Å². The average molecular weight is 591 g/mol. The van der Waals surface area contributed by atoms with Crippen LogP contribution in [0.15, 0.2) is 57.9 Å². The number of hydrogen-bond donors (Lipinski definition) is 0. The maximum atomic E-state index is 13.4. The number of imide groups is 1. The van der Waals surface area contributed by atoms with Crippen LogP contribution in [0.25, 0.3) is 0 Å². The highest BCUT2D eigenvalue weighted by atomic mass is 127. The number of hydrogen-bond acceptors (Lipinski definition) is 4. The maximum absolute atomic E-state index is 13.4. The van der Waals surface area contributed by atoms with E-state index in [9.17, 15) is 18.0 Å². The van der Waals surface area contributed by atoms with Crippen molar-refractivity contribution in [3.63, 3.8) is 0 Å². The zero-order chi connectivity index (χ0) is 21.6. The maximum Gasteiger partial charge on any atom is 0.252 e. The van der Waals surface area contributed by atoms with Crippen molar-refractivity contribution in [2.45, 2.75) is 43.7 Å². The van der Waals surface area contributed by atoms with E-state index >= 15 is 0 Å². The molecule has 3 rings (SSSR count). The highest BCUT2D eigenvalue weighted by Crippen LogP contribution is 2.34. The molecule has 0 bridgehead atoms. The summed E-state index contributed by atoms with van der Waals surface area (Å²) in [5.74, 6) is -0.951. The molecule has 1 heterocycles. The number of rotatable bonds is 4. The molecule has 0 aliphatic carbocycles. The molecule has 2 aromatic rings. The molecule has 0 spiro atoms. The largest absolute Gasteiger partial charge is 0.274 e. The van der Waals surface area contributed by atoms with E-state index in [1.807, 2.05) is 0 Å². The number of anilines is 1. The van der Waals surface area contributed by atoms with Crippen molar-refractivity contribution in [3.05, 3.63) is 56.6 Å². The van der Waals surface area contributed by atoms with Crippen molar-refractivity contribution in [2.75, 3.05) is 4.90 Å². The smallest absolute Gasteiger partial charge is 0.252 e. The third-order valence-electron chi connectivity index (χ3n) is 4.52. The summed E-state index contributed by atoms with van der Waals surface area (Å²) in [6.07, 6.45) is -0.197. The summed E-state index contributed by atoms with van der Waals surface area (Å²) in [6, 6.07) is 12.1. The topological polar surface area (TPSA) is 74.8 Å². The van der Waals surface area contributed by atoms with Gasteiger partial charge in [-0.05, 0) is 91.9 Å². The number of benzene rings is 2. The van der Waals surface area contributed by atoms with Gasteiger partial charge in [0, 0.05) is 13.6 Å². The molecule has 0 saturated carbocycles. The molecule has 1 atom stereocenters. The van der Waals surface area contributed by atoms with Gasteiger partial charge in [0.2, 0.25) is 15.9 Å². The van der Waals surface area contributed by atoms with Crippen molar-refractivity contribution < 1.29 is 18.0 Å². The van der Waals surface area contributed by atoms with Gasteiger partial charge in [-0.15, -0.1) is 0 Å². The van der Waals surface area contributed by atoms with Crippen LogP contribution in [0.4, 0.5) is 5.69 Å². The first-order valence-electron chi connectivity index (χ1n) is 8.85. The van der Waals surface area contributed by atoms with E-state index in [1.165, 1.54) is 12.1 Å². The number of carbonyl (C=O) groups is 2. The number of sulfonamides is 1.